The fourth-order valence-corrected chi connectivity index (χ4v) is 2.72. The number of nitrogens with one attached hydrogen (secondary N) is 1. The number of hydrogen-bond acceptors (Lipinski definition) is 3. The van der Waals surface area contributed by atoms with E-state index in [4.69, 9.17) is 16.7 Å². The number of carboxylic acid groups (broad SMARTS) is 1. The smallest absolute Gasteiger partial charge is 0.410 e. The van der Waals surface area contributed by atoms with Gasteiger partial charge in [0.15, 0.2) is 11.7 Å². The summed E-state index contributed by atoms with van der Waals surface area (Å²) in [5.74, 6) is -1.35. The minimum atomic E-state index is -4.54. The molecule has 2 aromatic rings. The molecular weight excluding hydrogens is 335 g/mol. The molecule has 5 nitrogen and oxygen atoms in total. The number of fused-ring (bicyclic) bond motifs is 1. The zero-order valence-electron chi connectivity index (χ0n) is 11.5. The molecule has 0 saturated carbocycles. The van der Waals surface area contributed by atoms with Gasteiger partial charge in [0.1, 0.15) is 5.82 Å². The monoisotopic (exact) mass is 345 g/mol. The molecule has 2 atom stereocenters. The minimum Gasteiger partial charge on any atom is -0.476 e. The van der Waals surface area contributed by atoms with E-state index in [9.17, 15) is 18.0 Å². The highest BCUT2D eigenvalue weighted by atomic mass is 35.5. The zero-order valence-corrected chi connectivity index (χ0v) is 12.3. The van der Waals surface area contributed by atoms with E-state index in [0.717, 1.165) is 6.07 Å². The second kappa shape index (κ2) is 5.45. The highest BCUT2D eigenvalue weighted by Crippen LogP contribution is 2.43. The number of aromatic carboxylic acids is 1. The van der Waals surface area contributed by atoms with Crippen LogP contribution in [0.3, 0.4) is 0 Å². The van der Waals surface area contributed by atoms with Crippen LogP contribution in [0.25, 0.3) is 0 Å². The third-order valence-corrected chi connectivity index (χ3v) is 3.93. The van der Waals surface area contributed by atoms with Crippen molar-refractivity contribution in [2.45, 2.75) is 24.7 Å². The van der Waals surface area contributed by atoms with Gasteiger partial charge in [0.2, 0.25) is 0 Å². The number of hydrogen-bond donors (Lipinski definition) is 2. The molecule has 1 aliphatic rings. The molecule has 122 valence electrons. The highest BCUT2D eigenvalue weighted by Gasteiger charge is 2.46. The van der Waals surface area contributed by atoms with Crippen molar-refractivity contribution in [3.8, 4) is 0 Å². The van der Waals surface area contributed by atoms with Crippen molar-refractivity contribution in [3.63, 3.8) is 0 Å². The summed E-state index contributed by atoms with van der Waals surface area (Å²) < 4.78 is 40.7. The van der Waals surface area contributed by atoms with Crippen LogP contribution in [0.2, 0.25) is 5.02 Å². The van der Waals surface area contributed by atoms with Gasteiger partial charge in [0.05, 0.1) is 6.04 Å². The number of carbonyl (C=O) groups is 1. The molecule has 0 bridgehead atoms. The van der Waals surface area contributed by atoms with Crippen molar-refractivity contribution in [2.75, 3.05) is 5.32 Å². The van der Waals surface area contributed by atoms with Gasteiger partial charge in [-0.25, -0.2) is 9.48 Å². The number of aromatic nitrogens is 2. The quantitative estimate of drug-likeness (QED) is 0.866. The van der Waals surface area contributed by atoms with Gasteiger partial charge >= 0.3 is 12.1 Å². The molecule has 0 aliphatic carbocycles. The first-order valence-electron chi connectivity index (χ1n) is 6.67. The summed E-state index contributed by atoms with van der Waals surface area (Å²) in [5.41, 5.74) is 0.200. The lowest BCUT2D eigenvalue weighted by Crippen LogP contribution is -2.35. The second-order valence-electron chi connectivity index (χ2n) is 5.21. The molecule has 3 rings (SSSR count). The molecular formula is C14H11ClF3N3O2. The normalized spacial score (nSPS) is 20.7. The van der Waals surface area contributed by atoms with Gasteiger partial charge in [-0.3, -0.25) is 0 Å². The molecule has 0 saturated heterocycles. The van der Waals surface area contributed by atoms with Crippen LogP contribution < -0.4 is 5.32 Å². The summed E-state index contributed by atoms with van der Waals surface area (Å²) in [4.78, 5) is 11.0. The summed E-state index contributed by atoms with van der Waals surface area (Å²) >= 11 is 5.79. The third kappa shape index (κ3) is 2.98. The third-order valence-electron chi connectivity index (χ3n) is 3.68. The average Bonchev–Trinajstić information content (AvgIpc) is 2.90. The Morgan fingerprint density at radius 2 is 2.00 bits per heavy atom. The van der Waals surface area contributed by atoms with Crippen molar-refractivity contribution in [2.24, 2.45) is 0 Å². The lowest BCUT2D eigenvalue weighted by Gasteiger charge is -2.33. The fourth-order valence-electron chi connectivity index (χ4n) is 2.59. The van der Waals surface area contributed by atoms with E-state index < -0.39 is 29.9 Å². The van der Waals surface area contributed by atoms with Crippen molar-refractivity contribution < 1.29 is 23.1 Å². The van der Waals surface area contributed by atoms with Crippen LogP contribution in [0.5, 0.6) is 0 Å². The average molecular weight is 346 g/mol. The van der Waals surface area contributed by atoms with Crippen LogP contribution in [-0.4, -0.2) is 27.0 Å². The van der Waals surface area contributed by atoms with Crippen LogP contribution in [0, 0.1) is 0 Å². The van der Waals surface area contributed by atoms with E-state index in [0.29, 0.717) is 15.3 Å². The van der Waals surface area contributed by atoms with Crippen molar-refractivity contribution in [3.05, 3.63) is 46.6 Å². The second-order valence-corrected chi connectivity index (χ2v) is 5.64. The van der Waals surface area contributed by atoms with Gasteiger partial charge in [0, 0.05) is 17.5 Å². The predicted octanol–water partition coefficient (Wildman–Crippen LogP) is 3.90. The fraction of sp³-hybridized carbons (Fsp3) is 0.286. The first-order chi connectivity index (χ1) is 10.8. The van der Waals surface area contributed by atoms with Crippen molar-refractivity contribution >= 4 is 23.4 Å². The molecule has 1 aromatic carbocycles. The molecule has 0 spiro atoms. The molecule has 2 N–H and O–H groups in total. The Bertz CT molecular complexity index is 743. The number of rotatable bonds is 2. The van der Waals surface area contributed by atoms with E-state index in [1.54, 1.807) is 24.3 Å². The van der Waals surface area contributed by atoms with Gasteiger partial charge in [-0.05, 0) is 17.7 Å². The van der Waals surface area contributed by atoms with E-state index in [1.165, 1.54) is 0 Å². The summed E-state index contributed by atoms with van der Waals surface area (Å²) in [6.07, 6.45) is -4.83. The Balaban J connectivity index is 2.01. The Morgan fingerprint density at radius 1 is 1.35 bits per heavy atom. The Hall–Kier alpha value is -2.22. The Labute approximate surface area is 133 Å². The van der Waals surface area contributed by atoms with Crippen LogP contribution in [-0.2, 0) is 0 Å². The van der Waals surface area contributed by atoms with E-state index in [1.807, 2.05) is 0 Å². The molecule has 9 heteroatoms. The lowest BCUT2D eigenvalue weighted by molar-refractivity contribution is -0.173. The first-order valence-corrected chi connectivity index (χ1v) is 7.05. The summed E-state index contributed by atoms with van der Waals surface area (Å²) in [7, 11) is 0. The molecule has 23 heavy (non-hydrogen) atoms. The highest BCUT2D eigenvalue weighted by molar-refractivity contribution is 6.30. The van der Waals surface area contributed by atoms with Crippen molar-refractivity contribution in [1.29, 1.82) is 0 Å². The van der Waals surface area contributed by atoms with Gasteiger partial charge in [-0.1, -0.05) is 23.7 Å². The molecule has 2 unspecified atom stereocenters. The molecule has 1 aliphatic heterocycles. The molecule has 0 amide bonds. The SMILES string of the molecule is O=C(O)c1cc2n(n1)C(C(F)(F)F)CC(c1ccc(Cl)cc1)N2. The molecule has 0 fully saturated rings. The number of anilines is 1. The van der Waals surface area contributed by atoms with E-state index >= 15 is 0 Å². The number of alkyl halides is 3. The van der Waals surface area contributed by atoms with Crippen LogP contribution >= 0.6 is 11.6 Å². The number of carboxylic acids is 1. The van der Waals surface area contributed by atoms with Crippen molar-refractivity contribution in [1.82, 2.24) is 9.78 Å². The Kier molecular flexibility index (Phi) is 3.71. The van der Waals surface area contributed by atoms with E-state index in [2.05, 4.69) is 10.4 Å². The minimum absolute atomic E-state index is 0.0240. The lowest BCUT2D eigenvalue weighted by atomic mass is 9.97. The summed E-state index contributed by atoms with van der Waals surface area (Å²) in [6.45, 7) is 0. The molecule has 1 aromatic heterocycles. The Morgan fingerprint density at radius 3 is 2.57 bits per heavy atom. The van der Waals surface area contributed by atoms with Gasteiger partial charge in [-0.2, -0.15) is 18.3 Å². The maximum Gasteiger partial charge on any atom is 0.410 e. The van der Waals surface area contributed by atoms with Gasteiger partial charge in [0.25, 0.3) is 0 Å². The maximum atomic E-state index is 13.3. The topological polar surface area (TPSA) is 67.1 Å². The molecule has 2 heterocycles. The number of halogens is 4. The van der Waals surface area contributed by atoms with Crippen LogP contribution in [0.15, 0.2) is 30.3 Å². The van der Waals surface area contributed by atoms with Crippen LogP contribution in [0.1, 0.15) is 34.6 Å². The maximum absolute atomic E-state index is 13.3. The first kappa shape index (κ1) is 15.7. The van der Waals surface area contributed by atoms with Gasteiger partial charge < -0.3 is 10.4 Å². The largest absolute Gasteiger partial charge is 0.476 e. The van der Waals surface area contributed by atoms with Gasteiger partial charge in [-0.15, -0.1) is 0 Å². The van der Waals surface area contributed by atoms with Crippen LogP contribution in [0.4, 0.5) is 19.0 Å². The number of nitrogens with zero attached hydrogens (tertiary/aromatic N) is 2. The van der Waals surface area contributed by atoms with E-state index in [-0.39, 0.29) is 12.2 Å². The predicted molar refractivity (Wildman–Crippen MR) is 76.7 cm³/mol. The number of benzene rings is 1. The summed E-state index contributed by atoms with van der Waals surface area (Å²) in [6, 6.07) is 5.04. The standard InChI is InChI=1S/C14H11ClF3N3O2/c15-8-3-1-7(2-4-8)9-5-11(14(16,17)18)21-12(19-9)6-10(20-21)13(22)23/h1-4,6,9,11,19H,5H2,(H,22,23). The summed E-state index contributed by atoms with van der Waals surface area (Å²) in [5, 5.41) is 15.9. The molecule has 0 radical (unpaired) electrons. The zero-order chi connectivity index (χ0) is 16.8.